The zero-order chi connectivity index (χ0) is 19.9. The Morgan fingerprint density at radius 3 is 2.25 bits per heavy atom. The number of hydrogen-bond donors (Lipinski definition) is 1. The lowest BCUT2D eigenvalue weighted by atomic mass is 10.1. The van der Waals surface area contributed by atoms with Gasteiger partial charge in [0.1, 0.15) is 5.82 Å². The number of amides is 2. The van der Waals surface area contributed by atoms with Gasteiger partial charge < -0.3 is 15.1 Å². The van der Waals surface area contributed by atoms with E-state index < -0.39 is 0 Å². The molecule has 1 N–H and O–H groups in total. The quantitative estimate of drug-likeness (QED) is 0.779. The molecule has 1 saturated heterocycles. The summed E-state index contributed by atoms with van der Waals surface area (Å²) in [4.78, 5) is 28.5. The molecule has 0 aliphatic carbocycles. The van der Waals surface area contributed by atoms with E-state index in [1.54, 1.807) is 41.3 Å². The van der Waals surface area contributed by atoms with Crippen LogP contribution < -0.4 is 10.2 Å². The first kappa shape index (κ1) is 19.9. The van der Waals surface area contributed by atoms with Gasteiger partial charge in [-0.2, -0.15) is 0 Å². The molecule has 1 aliphatic rings. The molecule has 0 bridgehead atoms. The highest BCUT2D eigenvalue weighted by Gasteiger charge is 2.23. The largest absolute Gasteiger partial charge is 0.366 e. The number of halogens is 1. The SMILES string of the molecule is CCCCNC(=O)c1ccc(C(=O)N2CCN(c3ccccc3F)CC2)cc1. The molecule has 5 nitrogen and oxygen atoms in total. The second kappa shape index (κ2) is 9.35. The minimum absolute atomic E-state index is 0.0638. The normalized spacial score (nSPS) is 14.1. The Bertz CT molecular complexity index is 815. The van der Waals surface area contributed by atoms with Gasteiger partial charge in [-0.25, -0.2) is 4.39 Å². The van der Waals surface area contributed by atoms with E-state index >= 15 is 0 Å². The molecule has 0 unspecified atom stereocenters. The number of carbonyl (C=O) groups is 2. The molecule has 1 heterocycles. The summed E-state index contributed by atoms with van der Waals surface area (Å²) in [5.74, 6) is -0.424. The van der Waals surface area contributed by atoms with Crippen LogP contribution >= 0.6 is 0 Å². The Morgan fingerprint density at radius 2 is 1.61 bits per heavy atom. The molecule has 2 aromatic carbocycles. The maximum Gasteiger partial charge on any atom is 0.253 e. The first-order valence-electron chi connectivity index (χ1n) is 9.77. The van der Waals surface area contributed by atoms with E-state index in [1.807, 2.05) is 11.0 Å². The predicted molar refractivity (Wildman–Crippen MR) is 108 cm³/mol. The highest BCUT2D eigenvalue weighted by molar-refractivity contribution is 5.97. The van der Waals surface area contributed by atoms with Gasteiger partial charge in [0.25, 0.3) is 11.8 Å². The Hall–Kier alpha value is -2.89. The number of rotatable bonds is 6. The van der Waals surface area contributed by atoms with E-state index in [-0.39, 0.29) is 17.6 Å². The molecule has 2 amide bonds. The Labute approximate surface area is 165 Å². The van der Waals surface area contributed by atoms with Gasteiger partial charge in [0.2, 0.25) is 0 Å². The molecule has 28 heavy (non-hydrogen) atoms. The fourth-order valence-electron chi connectivity index (χ4n) is 3.29. The summed E-state index contributed by atoms with van der Waals surface area (Å²) < 4.78 is 13.9. The van der Waals surface area contributed by atoms with E-state index in [2.05, 4.69) is 12.2 Å². The van der Waals surface area contributed by atoms with Crippen LogP contribution in [0.1, 0.15) is 40.5 Å². The molecule has 0 aromatic heterocycles. The zero-order valence-corrected chi connectivity index (χ0v) is 16.2. The van der Waals surface area contributed by atoms with Crippen LogP contribution in [-0.2, 0) is 0 Å². The average Bonchev–Trinajstić information content (AvgIpc) is 2.74. The fraction of sp³-hybridized carbons (Fsp3) is 0.364. The van der Waals surface area contributed by atoms with Crippen LogP contribution in [0.4, 0.5) is 10.1 Å². The van der Waals surface area contributed by atoms with Gasteiger partial charge in [0, 0.05) is 43.9 Å². The maximum absolute atomic E-state index is 13.9. The maximum atomic E-state index is 13.9. The van der Waals surface area contributed by atoms with E-state index in [0.717, 1.165) is 12.8 Å². The monoisotopic (exact) mass is 383 g/mol. The lowest BCUT2D eigenvalue weighted by Crippen LogP contribution is -2.49. The number of anilines is 1. The molecule has 148 valence electrons. The van der Waals surface area contributed by atoms with Crippen molar-refractivity contribution in [2.24, 2.45) is 0 Å². The molecule has 2 aromatic rings. The van der Waals surface area contributed by atoms with E-state index in [4.69, 9.17) is 0 Å². The van der Waals surface area contributed by atoms with Gasteiger partial charge in [0.05, 0.1) is 5.69 Å². The molecular weight excluding hydrogens is 357 g/mol. The molecule has 3 rings (SSSR count). The third kappa shape index (κ3) is 4.68. The summed E-state index contributed by atoms with van der Waals surface area (Å²) in [7, 11) is 0. The van der Waals surface area contributed by atoms with Gasteiger partial charge in [-0.3, -0.25) is 9.59 Å². The van der Waals surface area contributed by atoms with Gasteiger partial charge in [0.15, 0.2) is 0 Å². The minimum atomic E-state index is -0.241. The highest BCUT2D eigenvalue weighted by Crippen LogP contribution is 2.20. The van der Waals surface area contributed by atoms with Gasteiger partial charge >= 0.3 is 0 Å². The molecule has 1 aliphatic heterocycles. The van der Waals surface area contributed by atoms with Crippen molar-refractivity contribution in [3.8, 4) is 0 Å². The molecular formula is C22H26FN3O2. The van der Waals surface area contributed by atoms with E-state index in [9.17, 15) is 14.0 Å². The second-order valence-corrected chi connectivity index (χ2v) is 6.92. The first-order valence-corrected chi connectivity index (χ1v) is 9.77. The Morgan fingerprint density at radius 1 is 0.964 bits per heavy atom. The van der Waals surface area contributed by atoms with Crippen LogP contribution in [0.25, 0.3) is 0 Å². The second-order valence-electron chi connectivity index (χ2n) is 6.92. The summed E-state index contributed by atoms with van der Waals surface area (Å²) in [6, 6.07) is 13.5. The van der Waals surface area contributed by atoms with Crippen molar-refractivity contribution in [1.82, 2.24) is 10.2 Å². The first-order chi connectivity index (χ1) is 13.6. The summed E-state index contributed by atoms with van der Waals surface area (Å²) in [6.07, 6.45) is 1.97. The lowest BCUT2D eigenvalue weighted by Gasteiger charge is -2.36. The lowest BCUT2D eigenvalue weighted by molar-refractivity contribution is 0.0746. The third-order valence-electron chi connectivity index (χ3n) is 4.97. The van der Waals surface area contributed by atoms with Crippen LogP contribution in [0.15, 0.2) is 48.5 Å². The molecule has 0 spiro atoms. The smallest absolute Gasteiger partial charge is 0.253 e. The summed E-state index contributed by atoms with van der Waals surface area (Å²) in [5, 5.41) is 2.87. The Kier molecular flexibility index (Phi) is 6.63. The number of nitrogens with one attached hydrogen (secondary N) is 1. The molecule has 0 radical (unpaired) electrons. The number of hydrogen-bond acceptors (Lipinski definition) is 3. The number of nitrogens with zero attached hydrogens (tertiary/aromatic N) is 2. The number of benzene rings is 2. The number of piperazine rings is 1. The average molecular weight is 383 g/mol. The van der Waals surface area contributed by atoms with Crippen molar-refractivity contribution in [2.45, 2.75) is 19.8 Å². The number of para-hydroxylation sites is 1. The van der Waals surface area contributed by atoms with Gasteiger partial charge in [-0.15, -0.1) is 0 Å². The van der Waals surface area contributed by atoms with Crippen LogP contribution in [0.5, 0.6) is 0 Å². The predicted octanol–water partition coefficient (Wildman–Crippen LogP) is 3.32. The fourth-order valence-corrected chi connectivity index (χ4v) is 3.29. The van der Waals surface area contributed by atoms with Crippen LogP contribution in [0.3, 0.4) is 0 Å². The van der Waals surface area contributed by atoms with Crippen molar-refractivity contribution < 1.29 is 14.0 Å². The van der Waals surface area contributed by atoms with Gasteiger partial charge in [-0.05, 0) is 42.8 Å². The molecule has 1 fully saturated rings. The molecule has 0 atom stereocenters. The van der Waals surface area contributed by atoms with E-state index in [1.165, 1.54) is 6.07 Å². The molecule has 6 heteroatoms. The van der Waals surface area contributed by atoms with E-state index in [0.29, 0.717) is 49.5 Å². The topological polar surface area (TPSA) is 52.7 Å². The summed E-state index contributed by atoms with van der Waals surface area (Å²) in [5.41, 5.74) is 1.69. The minimum Gasteiger partial charge on any atom is -0.366 e. The summed E-state index contributed by atoms with van der Waals surface area (Å²) in [6.45, 7) is 4.97. The number of carbonyl (C=O) groups excluding carboxylic acids is 2. The van der Waals surface area contributed by atoms with Crippen molar-refractivity contribution in [3.05, 3.63) is 65.5 Å². The number of unbranched alkanes of at least 4 members (excludes halogenated alkanes) is 1. The van der Waals surface area contributed by atoms with Crippen LogP contribution in [0.2, 0.25) is 0 Å². The summed E-state index contributed by atoms with van der Waals surface area (Å²) >= 11 is 0. The third-order valence-corrected chi connectivity index (χ3v) is 4.97. The highest BCUT2D eigenvalue weighted by atomic mass is 19.1. The van der Waals surface area contributed by atoms with Crippen molar-refractivity contribution in [2.75, 3.05) is 37.6 Å². The van der Waals surface area contributed by atoms with Crippen molar-refractivity contribution in [1.29, 1.82) is 0 Å². The Balaban J connectivity index is 1.56. The molecule has 0 saturated carbocycles. The standard InChI is InChI=1S/C22H26FN3O2/c1-2-3-12-24-21(27)17-8-10-18(11-9-17)22(28)26-15-13-25(14-16-26)20-7-5-4-6-19(20)23/h4-11H,2-3,12-16H2,1H3,(H,24,27). The van der Waals surface area contributed by atoms with Crippen molar-refractivity contribution >= 4 is 17.5 Å². The van der Waals surface area contributed by atoms with Crippen molar-refractivity contribution in [3.63, 3.8) is 0 Å². The zero-order valence-electron chi connectivity index (χ0n) is 16.2. The van der Waals surface area contributed by atoms with Gasteiger partial charge in [-0.1, -0.05) is 25.5 Å². The van der Waals surface area contributed by atoms with Crippen LogP contribution in [0, 0.1) is 5.82 Å². The van der Waals surface area contributed by atoms with Crippen LogP contribution in [-0.4, -0.2) is 49.4 Å².